The lowest BCUT2D eigenvalue weighted by Gasteiger charge is -2.45. The molecule has 278 valence electrons. The first-order chi connectivity index (χ1) is 26.2. The Labute approximate surface area is 313 Å². The zero-order valence-electron chi connectivity index (χ0n) is 30.9. The number of anilines is 2. The number of likely N-dealkylation sites (tertiary alicyclic amines) is 1. The number of pyridine rings is 1. The molecular formula is C41H45N9O4. The molecule has 0 saturated carbocycles. The molecule has 2 aromatic carbocycles. The SMILES string of the molecule is COc1ccc(C#CCNC2(C)CCN(C3CCN(c4ncc5cc(-c6cn(C)c(=O)c7[nH]ccc67)ccc5n4)CC3)CC2)cc1N1CCC(=O)NC1=O. The van der Waals surface area contributed by atoms with Crippen molar-refractivity contribution in [2.45, 2.75) is 50.6 Å². The molecule has 3 N–H and O–H groups in total. The average Bonchev–Trinajstić information content (AvgIpc) is 3.69. The summed E-state index contributed by atoms with van der Waals surface area (Å²) < 4.78 is 7.10. The highest BCUT2D eigenvalue weighted by molar-refractivity contribution is 6.06. The van der Waals surface area contributed by atoms with E-state index in [0.717, 1.165) is 90.8 Å². The fourth-order valence-corrected chi connectivity index (χ4v) is 8.01. The number of benzene rings is 2. The number of urea groups is 1. The van der Waals surface area contributed by atoms with Crippen molar-refractivity contribution in [3.05, 3.63) is 77.0 Å². The second-order valence-corrected chi connectivity index (χ2v) is 14.8. The number of aryl methyl sites for hydroxylation is 1. The Hall–Kier alpha value is -5.71. The van der Waals surface area contributed by atoms with Crippen LogP contribution in [0.3, 0.4) is 0 Å². The Bertz CT molecular complexity index is 2360. The number of carbonyl (C=O) groups is 2. The number of H-pyrrole nitrogens is 1. The van der Waals surface area contributed by atoms with Crippen molar-refractivity contribution >= 4 is 45.4 Å². The molecule has 13 heteroatoms. The number of rotatable bonds is 7. The van der Waals surface area contributed by atoms with Crippen LogP contribution in [0.2, 0.25) is 0 Å². The molecule has 3 amide bonds. The van der Waals surface area contributed by atoms with Gasteiger partial charge in [0.05, 0.1) is 24.9 Å². The molecule has 0 aliphatic carbocycles. The maximum atomic E-state index is 12.5. The van der Waals surface area contributed by atoms with Gasteiger partial charge in [0.2, 0.25) is 11.9 Å². The fourth-order valence-electron chi connectivity index (χ4n) is 8.01. The Morgan fingerprint density at radius 3 is 2.61 bits per heavy atom. The molecule has 0 atom stereocenters. The van der Waals surface area contributed by atoms with Gasteiger partial charge in [-0.05, 0) is 74.6 Å². The quantitative estimate of drug-likeness (QED) is 0.208. The summed E-state index contributed by atoms with van der Waals surface area (Å²) in [4.78, 5) is 55.9. The highest BCUT2D eigenvalue weighted by Crippen LogP contribution is 2.32. The van der Waals surface area contributed by atoms with Crippen molar-refractivity contribution < 1.29 is 14.3 Å². The van der Waals surface area contributed by atoms with Gasteiger partial charge in [-0.1, -0.05) is 17.9 Å². The zero-order valence-corrected chi connectivity index (χ0v) is 30.9. The van der Waals surface area contributed by atoms with Crippen LogP contribution in [-0.2, 0) is 11.8 Å². The summed E-state index contributed by atoms with van der Waals surface area (Å²) in [6.45, 7) is 7.09. The van der Waals surface area contributed by atoms with Gasteiger partial charge >= 0.3 is 6.03 Å². The second kappa shape index (κ2) is 14.6. The van der Waals surface area contributed by atoms with Crippen molar-refractivity contribution in [2.75, 3.05) is 56.2 Å². The normalized spacial score (nSPS) is 18.1. The number of carbonyl (C=O) groups excluding carboxylic acids is 2. The third kappa shape index (κ3) is 7.02. The summed E-state index contributed by atoms with van der Waals surface area (Å²) in [7, 11) is 3.34. The molecular weight excluding hydrogens is 683 g/mol. The molecule has 0 radical (unpaired) electrons. The van der Waals surface area contributed by atoms with Crippen LogP contribution < -0.4 is 30.7 Å². The van der Waals surface area contributed by atoms with E-state index in [9.17, 15) is 14.4 Å². The summed E-state index contributed by atoms with van der Waals surface area (Å²) in [5, 5.41) is 7.94. The minimum Gasteiger partial charge on any atom is -0.495 e. The van der Waals surface area contributed by atoms with E-state index in [0.29, 0.717) is 36.1 Å². The van der Waals surface area contributed by atoms with E-state index in [1.807, 2.05) is 48.9 Å². The van der Waals surface area contributed by atoms with Gasteiger partial charge in [0.1, 0.15) is 11.3 Å². The molecule has 3 saturated heterocycles. The Kier molecular flexibility index (Phi) is 9.56. The van der Waals surface area contributed by atoms with Crippen molar-refractivity contribution in [1.82, 2.24) is 35.1 Å². The number of fused-ring (bicyclic) bond motifs is 2. The second-order valence-electron chi connectivity index (χ2n) is 14.8. The van der Waals surface area contributed by atoms with Crippen LogP contribution >= 0.6 is 0 Å². The van der Waals surface area contributed by atoms with Crippen LogP contribution in [0.5, 0.6) is 5.75 Å². The van der Waals surface area contributed by atoms with Gasteiger partial charge in [-0.15, -0.1) is 0 Å². The summed E-state index contributed by atoms with van der Waals surface area (Å²) in [6.07, 6.45) is 10.1. The first-order valence-corrected chi connectivity index (χ1v) is 18.6. The van der Waals surface area contributed by atoms with E-state index in [2.05, 4.69) is 56.3 Å². The topological polar surface area (TPSA) is 141 Å². The molecule has 3 aliphatic rings. The van der Waals surface area contributed by atoms with Crippen LogP contribution in [0.25, 0.3) is 32.9 Å². The minimum absolute atomic E-state index is 0.0129. The lowest BCUT2D eigenvalue weighted by atomic mass is 9.88. The first-order valence-electron chi connectivity index (χ1n) is 18.6. The number of nitrogens with one attached hydrogen (secondary N) is 3. The number of amides is 3. The maximum Gasteiger partial charge on any atom is 0.328 e. The summed E-state index contributed by atoms with van der Waals surface area (Å²) >= 11 is 0. The number of ether oxygens (including phenoxy) is 1. The zero-order chi connectivity index (χ0) is 37.4. The molecule has 5 aromatic rings. The third-order valence-electron chi connectivity index (χ3n) is 11.3. The van der Waals surface area contributed by atoms with Gasteiger partial charge in [0.25, 0.3) is 5.56 Å². The number of imide groups is 1. The third-order valence-corrected chi connectivity index (χ3v) is 11.3. The largest absolute Gasteiger partial charge is 0.495 e. The van der Waals surface area contributed by atoms with Gasteiger partial charge in [-0.25, -0.2) is 14.8 Å². The molecule has 8 rings (SSSR count). The van der Waals surface area contributed by atoms with Crippen LogP contribution in [0.4, 0.5) is 16.4 Å². The number of nitrogens with zero attached hydrogens (tertiary/aromatic N) is 6. The molecule has 13 nitrogen and oxygen atoms in total. The summed E-state index contributed by atoms with van der Waals surface area (Å²) in [6, 6.07) is 13.8. The van der Waals surface area contributed by atoms with Crippen molar-refractivity contribution in [2.24, 2.45) is 7.05 Å². The predicted octanol–water partition coefficient (Wildman–Crippen LogP) is 4.40. The monoisotopic (exact) mass is 727 g/mol. The lowest BCUT2D eigenvalue weighted by Crippen LogP contribution is -2.55. The molecule has 3 aliphatic heterocycles. The summed E-state index contributed by atoms with van der Waals surface area (Å²) in [5.74, 6) is 7.56. The molecule has 0 unspecified atom stereocenters. The van der Waals surface area contributed by atoms with E-state index in [1.54, 1.807) is 18.7 Å². The molecule has 54 heavy (non-hydrogen) atoms. The Morgan fingerprint density at radius 1 is 1.02 bits per heavy atom. The van der Waals surface area contributed by atoms with Crippen LogP contribution in [0.15, 0.2) is 65.8 Å². The number of piperidine rings is 2. The number of aromatic amines is 1. The molecule has 3 fully saturated rings. The Balaban J connectivity index is 0.833. The van der Waals surface area contributed by atoms with Crippen LogP contribution in [-0.4, -0.2) is 94.3 Å². The Morgan fingerprint density at radius 2 is 1.83 bits per heavy atom. The maximum absolute atomic E-state index is 12.5. The first kappa shape index (κ1) is 35.3. The number of hydrogen-bond acceptors (Lipinski definition) is 9. The average molecular weight is 728 g/mol. The number of aromatic nitrogens is 4. The number of hydrogen-bond donors (Lipinski definition) is 3. The highest BCUT2D eigenvalue weighted by atomic mass is 16.5. The van der Waals surface area contributed by atoms with Crippen molar-refractivity contribution in [1.29, 1.82) is 0 Å². The smallest absolute Gasteiger partial charge is 0.328 e. The molecule has 6 heterocycles. The van der Waals surface area contributed by atoms with Gasteiger partial charge < -0.3 is 29.4 Å². The standard InChI is InChI=1S/C41H45N9O4/c1-41(44-16-4-5-27-6-9-35(54-3)34(23-27)50-20-13-36(51)46-40(50)53)14-21-48(22-15-41)30-11-18-49(19-12-30)39-43-25-29-24-28(7-8-33(29)45-39)32-26-47(2)38(52)37-31(32)10-17-42-37/h6-10,17,23-26,30,42,44H,11-16,18-22H2,1-3H3,(H,46,51,53). The molecule has 3 aromatic heterocycles. The van der Waals surface area contributed by atoms with Crippen LogP contribution in [0.1, 0.15) is 44.6 Å². The van der Waals surface area contributed by atoms with Crippen molar-refractivity contribution in [3.8, 4) is 28.7 Å². The van der Waals surface area contributed by atoms with E-state index >= 15 is 0 Å². The van der Waals surface area contributed by atoms with E-state index < -0.39 is 6.03 Å². The van der Waals surface area contributed by atoms with E-state index in [1.165, 1.54) is 4.90 Å². The van der Waals surface area contributed by atoms with E-state index in [4.69, 9.17) is 14.7 Å². The molecule has 0 spiro atoms. The molecule has 0 bridgehead atoms. The minimum atomic E-state index is -0.449. The predicted molar refractivity (Wildman–Crippen MR) is 210 cm³/mol. The van der Waals surface area contributed by atoms with Gasteiger partial charge in [0.15, 0.2) is 0 Å². The van der Waals surface area contributed by atoms with Gasteiger partial charge in [-0.2, -0.15) is 0 Å². The summed E-state index contributed by atoms with van der Waals surface area (Å²) in [5.41, 5.74) is 4.89. The van der Waals surface area contributed by atoms with Gasteiger partial charge in [0, 0.05) is 98.3 Å². The van der Waals surface area contributed by atoms with Crippen molar-refractivity contribution in [3.63, 3.8) is 0 Å². The number of methoxy groups -OCH3 is 1. The highest BCUT2D eigenvalue weighted by Gasteiger charge is 2.34. The fraction of sp³-hybridized carbons (Fsp3) is 0.390. The van der Waals surface area contributed by atoms with E-state index in [-0.39, 0.29) is 23.4 Å². The lowest BCUT2D eigenvalue weighted by molar-refractivity contribution is -0.120. The van der Waals surface area contributed by atoms with Gasteiger partial charge in [-0.3, -0.25) is 19.8 Å². The van der Waals surface area contributed by atoms with Crippen LogP contribution in [0, 0.1) is 11.8 Å².